The van der Waals surface area contributed by atoms with Crippen LogP contribution in [0.2, 0.25) is 0 Å². The summed E-state index contributed by atoms with van der Waals surface area (Å²) in [6.45, 7) is 7.35. The van der Waals surface area contributed by atoms with Gasteiger partial charge in [0.05, 0.1) is 0 Å². The van der Waals surface area contributed by atoms with Crippen molar-refractivity contribution in [3.8, 4) is 0 Å². The number of hydrogen-bond donors (Lipinski definition) is 2. The highest BCUT2D eigenvalue weighted by Gasteiger charge is 2.27. The lowest BCUT2D eigenvalue weighted by atomic mass is 9.82. The van der Waals surface area contributed by atoms with E-state index in [9.17, 15) is 4.79 Å². The molecule has 0 unspecified atom stereocenters. The first-order valence-corrected chi connectivity index (χ1v) is 8.18. The van der Waals surface area contributed by atoms with Crippen LogP contribution in [0.4, 0.5) is 5.82 Å². The van der Waals surface area contributed by atoms with Crippen LogP contribution in [0.25, 0.3) is 0 Å². The lowest BCUT2D eigenvalue weighted by Gasteiger charge is -2.33. The number of hydrogen-bond acceptors (Lipinski definition) is 3. The van der Waals surface area contributed by atoms with Gasteiger partial charge in [0.15, 0.2) is 0 Å². The first-order chi connectivity index (χ1) is 10.1. The van der Waals surface area contributed by atoms with Crippen LogP contribution in [0, 0.1) is 5.92 Å². The SMILES string of the molecule is CCCNc1cc(C(=O)NC2CC(C)C2)cc(CCC)n1. The number of rotatable bonds is 7. The summed E-state index contributed by atoms with van der Waals surface area (Å²) in [4.78, 5) is 16.9. The molecule has 1 saturated carbocycles. The summed E-state index contributed by atoms with van der Waals surface area (Å²) in [5.41, 5.74) is 1.72. The molecule has 1 aromatic rings. The predicted molar refractivity (Wildman–Crippen MR) is 86.7 cm³/mol. The number of nitrogens with zero attached hydrogens (tertiary/aromatic N) is 1. The van der Waals surface area contributed by atoms with Crippen LogP contribution in [-0.4, -0.2) is 23.5 Å². The maximum atomic E-state index is 12.4. The van der Waals surface area contributed by atoms with Crippen molar-refractivity contribution < 1.29 is 4.79 Å². The average molecular weight is 289 g/mol. The summed E-state index contributed by atoms with van der Waals surface area (Å²) < 4.78 is 0. The molecule has 1 aliphatic rings. The standard InChI is InChI=1S/C17H27N3O/c1-4-6-14-10-13(11-16(19-14)18-7-5-2)17(21)20-15-8-12(3)9-15/h10-12,15H,4-9H2,1-3H3,(H,18,19)(H,20,21). The third-order valence-electron chi connectivity index (χ3n) is 3.91. The first-order valence-electron chi connectivity index (χ1n) is 8.18. The van der Waals surface area contributed by atoms with Crippen molar-refractivity contribution >= 4 is 11.7 Å². The van der Waals surface area contributed by atoms with Gasteiger partial charge in [0.2, 0.25) is 0 Å². The Hall–Kier alpha value is -1.58. The Kier molecular flexibility index (Phi) is 5.59. The average Bonchev–Trinajstić information content (AvgIpc) is 2.43. The van der Waals surface area contributed by atoms with E-state index in [1.165, 1.54) is 0 Å². The Labute approximate surface area is 127 Å². The molecule has 0 bridgehead atoms. The van der Waals surface area contributed by atoms with E-state index in [1.54, 1.807) is 0 Å². The Morgan fingerprint density at radius 1 is 1.29 bits per heavy atom. The van der Waals surface area contributed by atoms with E-state index in [0.717, 1.165) is 61.6 Å². The molecule has 21 heavy (non-hydrogen) atoms. The van der Waals surface area contributed by atoms with Gasteiger partial charge in [-0.15, -0.1) is 0 Å². The largest absolute Gasteiger partial charge is 0.370 e. The van der Waals surface area contributed by atoms with Crippen LogP contribution in [0.5, 0.6) is 0 Å². The highest BCUT2D eigenvalue weighted by Crippen LogP contribution is 2.26. The zero-order valence-corrected chi connectivity index (χ0v) is 13.4. The van der Waals surface area contributed by atoms with Crippen LogP contribution in [0.15, 0.2) is 12.1 Å². The topological polar surface area (TPSA) is 54.0 Å². The smallest absolute Gasteiger partial charge is 0.251 e. The van der Waals surface area contributed by atoms with E-state index >= 15 is 0 Å². The van der Waals surface area contributed by atoms with E-state index in [-0.39, 0.29) is 5.91 Å². The Bertz CT molecular complexity index is 481. The molecule has 0 radical (unpaired) electrons. The molecule has 1 heterocycles. The van der Waals surface area contributed by atoms with Gasteiger partial charge >= 0.3 is 0 Å². The minimum atomic E-state index is 0.0335. The van der Waals surface area contributed by atoms with Crippen molar-refractivity contribution in [2.45, 2.75) is 58.9 Å². The maximum absolute atomic E-state index is 12.4. The number of carbonyl (C=O) groups is 1. The first kappa shape index (κ1) is 15.8. The number of pyridine rings is 1. The molecule has 1 fully saturated rings. The molecular weight excluding hydrogens is 262 g/mol. The van der Waals surface area contributed by atoms with Gasteiger partial charge in [0, 0.05) is 23.8 Å². The quantitative estimate of drug-likeness (QED) is 0.809. The zero-order valence-electron chi connectivity index (χ0n) is 13.4. The highest BCUT2D eigenvalue weighted by atomic mass is 16.1. The fraction of sp³-hybridized carbons (Fsp3) is 0.647. The number of carbonyl (C=O) groups excluding carboxylic acids is 1. The third-order valence-corrected chi connectivity index (χ3v) is 3.91. The van der Waals surface area contributed by atoms with Crippen molar-refractivity contribution in [2.24, 2.45) is 5.92 Å². The summed E-state index contributed by atoms with van der Waals surface area (Å²) in [6.07, 6.45) is 5.17. The normalized spacial score (nSPS) is 20.7. The molecule has 0 saturated heterocycles. The molecule has 2 rings (SSSR count). The minimum absolute atomic E-state index is 0.0335. The molecule has 4 heteroatoms. The minimum Gasteiger partial charge on any atom is -0.370 e. The van der Waals surface area contributed by atoms with Crippen LogP contribution in [0.3, 0.4) is 0 Å². The van der Waals surface area contributed by atoms with Gasteiger partial charge in [0.25, 0.3) is 5.91 Å². The summed E-state index contributed by atoms with van der Waals surface area (Å²) >= 11 is 0. The lowest BCUT2D eigenvalue weighted by Crippen LogP contribution is -2.43. The van der Waals surface area contributed by atoms with E-state index in [0.29, 0.717) is 6.04 Å². The molecule has 0 atom stereocenters. The third kappa shape index (κ3) is 4.45. The maximum Gasteiger partial charge on any atom is 0.251 e. The van der Waals surface area contributed by atoms with Crippen molar-refractivity contribution in [3.63, 3.8) is 0 Å². The second-order valence-corrected chi connectivity index (χ2v) is 6.16. The van der Waals surface area contributed by atoms with Crippen LogP contribution < -0.4 is 10.6 Å². The fourth-order valence-corrected chi connectivity index (χ4v) is 2.74. The summed E-state index contributed by atoms with van der Waals surface area (Å²) in [6, 6.07) is 4.15. The molecule has 2 N–H and O–H groups in total. The molecule has 1 aliphatic carbocycles. The van der Waals surface area contributed by atoms with E-state index in [2.05, 4.69) is 36.4 Å². The van der Waals surface area contributed by atoms with Crippen LogP contribution >= 0.6 is 0 Å². The summed E-state index contributed by atoms with van der Waals surface area (Å²) in [5.74, 6) is 1.59. The Morgan fingerprint density at radius 2 is 2.05 bits per heavy atom. The van der Waals surface area contributed by atoms with E-state index < -0.39 is 0 Å². The molecule has 4 nitrogen and oxygen atoms in total. The van der Waals surface area contributed by atoms with Gasteiger partial charge in [-0.05, 0) is 43.7 Å². The van der Waals surface area contributed by atoms with Gasteiger partial charge in [-0.25, -0.2) is 4.98 Å². The van der Waals surface area contributed by atoms with Crippen molar-refractivity contribution in [2.75, 3.05) is 11.9 Å². The number of aromatic nitrogens is 1. The molecule has 0 aliphatic heterocycles. The van der Waals surface area contributed by atoms with Gasteiger partial charge in [-0.2, -0.15) is 0 Å². The summed E-state index contributed by atoms with van der Waals surface area (Å²) in [5, 5.41) is 6.41. The van der Waals surface area contributed by atoms with Crippen molar-refractivity contribution in [1.29, 1.82) is 0 Å². The van der Waals surface area contributed by atoms with Crippen molar-refractivity contribution in [1.82, 2.24) is 10.3 Å². The molecule has 1 amide bonds. The van der Waals surface area contributed by atoms with Gasteiger partial charge in [0.1, 0.15) is 5.82 Å². The Balaban J connectivity index is 2.08. The number of anilines is 1. The second-order valence-electron chi connectivity index (χ2n) is 6.16. The van der Waals surface area contributed by atoms with Crippen LogP contribution in [0.1, 0.15) is 62.5 Å². The number of nitrogens with one attached hydrogen (secondary N) is 2. The molecular formula is C17H27N3O. The molecule has 0 aromatic carbocycles. The molecule has 116 valence electrons. The van der Waals surface area contributed by atoms with Gasteiger partial charge in [-0.1, -0.05) is 27.2 Å². The van der Waals surface area contributed by atoms with Gasteiger partial charge < -0.3 is 10.6 Å². The van der Waals surface area contributed by atoms with Crippen LogP contribution in [-0.2, 0) is 6.42 Å². The monoisotopic (exact) mass is 289 g/mol. The van der Waals surface area contributed by atoms with E-state index in [4.69, 9.17) is 0 Å². The predicted octanol–water partition coefficient (Wildman–Crippen LogP) is 3.38. The molecule has 1 aromatic heterocycles. The van der Waals surface area contributed by atoms with Crippen molar-refractivity contribution in [3.05, 3.63) is 23.4 Å². The number of aryl methyl sites for hydroxylation is 1. The zero-order chi connectivity index (χ0) is 15.2. The van der Waals surface area contributed by atoms with Gasteiger partial charge in [-0.3, -0.25) is 4.79 Å². The Morgan fingerprint density at radius 3 is 2.67 bits per heavy atom. The highest BCUT2D eigenvalue weighted by molar-refractivity contribution is 5.95. The van der Waals surface area contributed by atoms with E-state index in [1.807, 2.05) is 12.1 Å². The fourth-order valence-electron chi connectivity index (χ4n) is 2.74. The lowest BCUT2D eigenvalue weighted by molar-refractivity contribution is 0.0896. The summed E-state index contributed by atoms with van der Waals surface area (Å²) in [7, 11) is 0. The molecule has 0 spiro atoms. The number of amides is 1. The second kappa shape index (κ2) is 7.43.